The molecule has 3 saturated heterocycles. The van der Waals surface area contributed by atoms with Crippen molar-refractivity contribution in [3.05, 3.63) is 35.6 Å². The lowest BCUT2D eigenvalue weighted by molar-refractivity contribution is -0.137. The Morgan fingerprint density at radius 3 is 2.31 bits per heavy atom. The molecule has 3 atom stereocenters. The molecule has 1 aliphatic carbocycles. The number of ether oxygens (including phenoxy) is 2. The quantitative estimate of drug-likeness (QED) is 0.462. The molecule has 42 heavy (non-hydrogen) atoms. The maximum atomic E-state index is 14.9. The molecule has 4 fully saturated rings. The summed E-state index contributed by atoms with van der Waals surface area (Å²) in [6.45, 7) is 14.0. The molecule has 9 heteroatoms. The summed E-state index contributed by atoms with van der Waals surface area (Å²) in [7, 11) is 1.74. The van der Waals surface area contributed by atoms with Gasteiger partial charge in [0, 0.05) is 38.6 Å². The molecule has 1 saturated carbocycles. The molecule has 1 aromatic carbocycles. The Labute approximate surface area is 251 Å². The molecule has 5 rings (SSSR count). The number of nitrogens with one attached hydrogen (secondary N) is 1. The number of rotatable bonds is 9. The van der Waals surface area contributed by atoms with Crippen LogP contribution in [0.4, 0.5) is 9.18 Å². The van der Waals surface area contributed by atoms with Gasteiger partial charge < -0.3 is 29.5 Å². The van der Waals surface area contributed by atoms with Gasteiger partial charge >= 0.3 is 6.09 Å². The zero-order chi connectivity index (χ0) is 30.1. The van der Waals surface area contributed by atoms with E-state index in [1.165, 1.54) is 6.42 Å². The summed E-state index contributed by atoms with van der Waals surface area (Å²) in [6.07, 6.45) is 6.03. The first-order chi connectivity index (χ1) is 19.9. The summed E-state index contributed by atoms with van der Waals surface area (Å²) in [5, 5.41) is 3.30. The summed E-state index contributed by atoms with van der Waals surface area (Å²) in [4.78, 5) is 31.6. The summed E-state index contributed by atoms with van der Waals surface area (Å²) < 4.78 is 26.4. The zero-order valence-electron chi connectivity index (χ0n) is 26.3. The Bertz CT molecular complexity index is 1110. The van der Waals surface area contributed by atoms with E-state index in [9.17, 15) is 14.0 Å². The van der Waals surface area contributed by atoms with E-state index in [0.717, 1.165) is 76.9 Å². The third kappa shape index (κ3) is 6.63. The number of carbonyl (C=O) groups excluding carboxylic acids is 2. The molecule has 2 amide bonds. The second-order valence-corrected chi connectivity index (χ2v) is 14.3. The van der Waals surface area contributed by atoms with Crippen LogP contribution in [0.5, 0.6) is 0 Å². The highest BCUT2D eigenvalue weighted by Gasteiger charge is 2.54. The first-order valence-electron chi connectivity index (χ1n) is 15.9. The van der Waals surface area contributed by atoms with Crippen LogP contribution in [0.15, 0.2) is 24.3 Å². The molecule has 1 aromatic rings. The van der Waals surface area contributed by atoms with Crippen LogP contribution in [0.2, 0.25) is 0 Å². The Morgan fingerprint density at radius 1 is 1.02 bits per heavy atom. The normalized spacial score (nSPS) is 26.7. The zero-order valence-corrected chi connectivity index (χ0v) is 26.3. The van der Waals surface area contributed by atoms with Crippen molar-refractivity contribution in [3.8, 4) is 0 Å². The van der Waals surface area contributed by atoms with Crippen LogP contribution < -0.4 is 5.32 Å². The fraction of sp³-hybridized carbons (Fsp3) is 0.758. The molecular weight excluding hydrogens is 535 g/mol. The molecule has 3 aliphatic heterocycles. The van der Waals surface area contributed by atoms with Crippen molar-refractivity contribution in [3.63, 3.8) is 0 Å². The van der Waals surface area contributed by atoms with Crippen molar-refractivity contribution >= 4 is 12.0 Å². The van der Waals surface area contributed by atoms with Crippen molar-refractivity contribution < 1.29 is 23.5 Å². The minimum Gasteiger partial charge on any atom is -0.444 e. The average molecular weight is 587 g/mol. The van der Waals surface area contributed by atoms with Gasteiger partial charge in [-0.1, -0.05) is 18.6 Å². The Kier molecular flexibility index (Phi) is 9.22. The number of nitrogens with zero attached hydrogens (tertiary/aromatic N) is 3. The number of piperidine rings is 1. The lowest BCUT2D eigenvalue weighted by Gasteiger charge is -2.55. The fourth-order valence-electron chi connectivity index (χ4n) is 8.20. The third-order valence-electron chi connectivity index (χ3n) is 10.2. The highest BCUT2D eigenvalue weighted by atomic mass is 19.1. The van der Waals surface area contributed by atoms with Crippen molar-refractivity contribution in [2.75, 3.05) is 59.5 Å². The lowest BCUT2D eigenvalue weighted by Crippen LogP contribution is -2.69. The van der Waals surface area contributed by atoms with Crippen molar-refractivity contribution in [1.29, 1.82) is 0 Å². The number of hydrogen-bond donors (Lipinski definition) is 1. The van der Waals surface area contributed by atoms with Crippen LogP contribution in [0.25, 0.3) is 0 Å². The van der Waals surface area contributed by atoms with Crippen LogP contribution in [-0.4, -0.2) is 103 Å². The molecule has 0 bridgehead atoms. The predicted molar refractivity (Wildman–Crippen MR) is 161 cm³/mol. The van der Waals surface area contributed by atoms with E-state index < -0.39 is 5.60 Å². The SMILES string of the molecule is COC1(CN2CCC([C@@](CN3CCC3)(c3cccc(F)c3)[C@H]3CCC[C@@H]3NC(C)=O)CC2)CN(C(=O)OC(C)(C)C)C1. The fourth-order valence-corrected chi connectivity index (χ4v) is 8.20. The van der Waals surface area contributed by atoms with Crippen LogP contribution in [0.1, 0.15) is 71.8 Å². The van der Waals surface area contributed by atoms with E-state index in [2.05, 4.69) is 21.2 Å². The smallest absolute Gasteiger partial charge is 0.410 e. The monoisotopic (exact) mass is 586 g/mol. The standard InChI is InChI=1S/C33H51FN4O4/c1-24(39)35-29-12-7-11-28(29)33(23-36-15-8-16-36,26-9-6-10-27(34)19-26)25-13-17-37(18-14-25)20-32(41-5)21-38(22-32)30(40)42-31(2,3)4/h6,9-10,19,25,28-29H,7-8,11-18,20-23H2,1-5H3,(H,35,39)/t28-,29-,33-/m0/s1. The van der Waals surface area contributed by atoms with Crippen LogP contribution >= 0.6 is 0 Å². The lowest BCUT2D eigenvalue weighted by atomic mass is 9.57. The van der Waals surface area contributed by atoms with E-state index in [4.69, 9.17) is 9.47 Å². The molecule has 3 heterocycles. The van der Waals surface area contributed by atoms with E-state index in [1.54, 1.807) is 31.1 Å². The Morgan fingerprint density at radius 2 is 1.74 bits per heavy atom. The number of halogens is 1. The van der Waals surface area contributed by atoms with Crippen LogP contribution in [0.3, 0.4) is 0 Å². The summed E-state index contributed by atoms with van der Waals surface area (Å²) in [5.74, 6) is 0.464. The first-order valence-corrected chi connectivity index (χ1v) is 15.9. The highest BCUT2D eigenvalue weighted by Crippen LogP contribution is 2.51. The van der Waals surface area contributed by atoms with Crippen LogP contribution in [-0.2, 0) is 19.7 Å². The molecule has 1 N–H and O–H groups in total. The van der Waals surface area contributed by atoms with Crippen molar-refractivity contribution in [1.82, 2.24) is 20.0 Å². The summed E-state index contributed by atoms with van der Waals surface area (Å²) in [6, 6.07) is 7.43. The van der Waals surface area contributed by atoms with Gasteiger partial charge in [-0.2, -0.15) is 0 Å². The van der Waals surface area contributed by atoms with E-state index in [1.807, 2.05) is 26.8 Å². The Balaban J connectivity index is 1.34. The molecule has 0 aromatic heterocycles. The largest absolute Gasteiger partial charge is 0.444 e. The minimum absolute atomic E-state index is 0.0181. The molecular formula is C33H51FN4O4. The number of likely N-dealkylation sites (tertiary alicyclic amines) is 3. The number of carbonyl (C=O) groups is 2. The Hall–Kier alpha value is -2.23. The molecule has 234 valence electrons. The van der Waals surface area contributed by atoms with E-state index in [0.29, 0.717) is 19.0 Å². The van der Waals surface area contributed by atoms with Crippen LogP contribution in [0, 0.1) is 17.7 Å². The van der Waals surface area contributed by atoms with Gasteiger partial charge in [-0.25, -0.2) is 9.18 Å². The summed E-state index contributed by atoms with van der Waals surface area (Å²) in [5.41, 5.74) is -0.0489. The van der Waals surface area contributed by atoms with Gasteiger partial charge in [0.2, 0.25) is 5.91 Å². The minimum atomic E-state index is -0.521. The van der Waals surface area contributed by atoms with Crippen molar-refractivity contribution in [2.24, 2.45) is 11.8 Å². The summed E-state index contributed by atoms with van der Waals surface area (Å²) >= 11 is 0. The topological polar surface area (TPSA) is 74.4 Å². The maximum absolute atomic E-state index is 14.9. The van der Waals surface area contributed by atoms with E-state index >= 15 is 0 Å². The molecule has 4 aliphatic rings. The number of amides is 2. The second kappa shape index (κ2) is 12.4. The van der Waals surface area contributed by atoms with Gasteiger partial charge in [0.25, 0.3) is 0 Å². The van der Waals surface area contributed by atoms with Crippen molar-refractivity contribution in [2.45, 2.75) is 88.9 Å². The van der Waals surface area contributed by atoms with Gasteiger partial charge in [-0.3, -0.25) is 4.79 Å². The van der Waals surface area contributed by atoms with Gasteiger partial charge in [0.15, 0.2) is 0 Å². The van der Waals surface area contributed by atoms with Gasteiger partial charge in [0.05, 0.1) is 13.1 Å². The number of benzene rings is 1. The second-order valence-electron chi connectivity index (χ2n) is 14.3. The third-order valence-corrected chi connectivity index (χ3v) is 10.2. The van der Waals surface area contributed by atoms with Gasteiger partial charge in [0.1, 0.15) is 17.0 Å². The molecule has 0 radical (unpaired) electrons. The number of methoxy groups -OCH3 is 1. The van der Waals surface area contributed by atoms with Gasteiger partial charge in [-0.05, 0) is 109 Å². The number of hydrogen-bond acceptors (Lipinski definition) is 6. The highest BCUT2D eigenvalue weighted by molar-refractivity contribution is 5.73. The molecule has 0 unspecified atom stereocenters. The average Bonchev–Trinajstić information content (AvgIpc) is 3.33. The molecule has 0 spiro atoms. The first kappa shape index (κ1) is 31.2. The van der Waals surface area contributed by atoms with Gasteiger partial charge in [-0.15, -0.1) is 0 Å². The molecule has 8 nitrogen and oxygen atoms in total. The predicted octanol–water partition coefficient (Wildman–Crippen LogP) is 4.42. The maximum Gasteiger partial charge on any atom is 0.410 e. The van der Waals surface area contributed by atoms with E-state index in [-0.39, 0.29) is 40.8 Å².